The smallest absolute Gasteiger partial charge is 0.355 e. The third-order valence-corrected chi connectivity index (χ3v) is 6.90. The van der Waals surface area contributed by atoms with Gasteiger partial charge in [-0.25, -0.2) is 18.2 Å². The topological polar surface area (TPSA) is 125 Å². The minimum absolute atomic E-state index is 0.00103. The lowest BCUT2D eigenvalue weighted by molar-refractivity contribution is -0.147. The highest BCUT2D eigenvalue weighted by Crippen LogP contribution is 2.22. The van der Waals surface area contributed by atoms with E-state index in [-0.39, 0.29) is 42.4 Å². The predicted molar refractivity (Wildman–Crippen MR) is 116 cm³/mol. The van der Waals surface area contributed by atoms with Crippen molar-refractivity contribution in [3.8, 4) is 0 Å². The van der Waals surface area contributed by atoms with Crippen molar-refractivity contribution in [3.63, 3.8) is 0 Å². The average molecular weight is 451 g/mol. The molecule has 0 spiro atoms. The number of esters is 1. The molecule has 2 heterocycles. The van der Waals surface area contributed by atoms with E-state index in [9.17, 15) is 22.8 Å². The van der Waals surface area contributed by atoms with Crippen LogP contribution in [0.5, 0.6) is 0 Å². The van der Waals surface area contributed by atoms with Crippen molar-refractivity contribution in [1.82, 2.24) is 5.01 Å². The first-order valence-electron chi connectivity index (χ1n) is 9.95. The fraction of sp³-hybridized carbons (Fsp3) is 0.500. The number of hydrazone groups is 1. The monoisotopic (exact) mass is 450 g/mol. The number of nitrogens with zero attached hydrogens (tertiary/aromatic N) is 3. The Balaban J connectivity index is 1.61. The molecule has 1 N–H and O–H groups in total. The Bertz CT molecular complexity index is 1000. The Kier molecular flexibility index (Phi) is 6.63. The zero-order chi connectivity index (χ0) is 22.8. The molecule has 2 aliphatic heterocycles. The van der Waals surface area contributed by atoms with E-state index in [4.69, 9.17) is 4.74 Å². The van der Waals surface area contributed by atoms with Gasteiger partial charge in [0.25, 0.3) is 5.91 Å². The van der Waals surface area contributed by atoms with Crippen LogP contribution in [0.1, 0.15) is 26.2 Å². The van der Waals surface area contributed by atoms with Gasteiger partial charge in [-0.15, -0.1) is 0 Å². The molecule has 0 bridgehead atoms. The molecule has 0 saturated carbocycles. The van der Waals surface area contributed by atoms with E-state index in [2.05, 4.69) is 10.4 Å². The van der Waals surface area contributed by atoms with Crippen LogP contribution in [-0.2, 0) is 29.0 Å². The Hall–Kier alpha value is -2.95. The van der Waals surface area contributed by atoms with Gasteiger partial charge in [-0.2, -0.15) is 5.10 Å². The fourth-order valence-electron chi connectivity index (χ4n) is 3.34. The average Bonchev–Trinajstić information content (AvgIpc) is 3.08. The number of nitrogens with one attached hydrogen (secondary N) is 1. The van der Waals surface area contributed by atoms with Crippen molar-refractivity contribution in [2.45, 2.75) is 38.3 Å². The van der Waals surface area contributed by atoms with E-state index in [1.807, 2.05) is 31.1 Å². The summed E-state index contributed by atoms with van der Waals surface area (Å²) in [5, 5.41) is 7.82. The number of carbonyl (C=O) groups excluding carboxylic acids is 3. The maximum Gasteiger partial charge on any atom is 0.355 e. The van der Waals surface area contributed by atoms with Crippen molar-refractivity contribution in [2.75, 3.05) is 35.8 Å². The molecule has 31 heavy (non-hydrogen) atoms. The third-order valence-electron chi connectivity index (χ3n) is 5.15. The van der Waals surface area contributed by atoms with Crippen LogP contribution in [0.25, 0.3) is 0 Å². The predicted octanol–water partition coefficient (Wildman–Crippen LogP) is 0.788. The van der Waals surface area contributed by atoms with Gasteiger partial charge in [-0.05, 0) is 37.6 Å². The zero-order valence-corrected chi connectivity index (χ0v) is 18.5. The molecule has 2 aliphatic rings. The molecule has 2 amide bonds. The molecule has 2 atom stereocenters. The van der Waals surface area contributed by atoms with Crippen molar-refractivity contribution < 1.29 is 27.5 Å². The summed E-state index contributed by atoms with van der Waals surface area (Å²) in [7, 11) is 0.604. The first-order valence-corrected chi connectivity index (χ1v) is 11.8. The zero-order valence-electron chi connectivity index (χ0n) is 17.7. The molecular formula is C20H26N4O6S. The van der Waals surface area contributed by atoms with Crippen LogP contribution < -0.4 is 10.2 Å². The second-order valence-electron chi connectivity index (χ2n) is 7.82. The maximum atomic E-state index is 12.5. The van der Waals surface area contributed by atoms with Crippen LogP contribution >= 0.6 is 0 Å². The second-order valence-corrected chi connectivity index (χ2v) is 10.0. The standard InChI is InChI=1S/C20H26N4O6S/c1-13(19(26)21-14-4-6-15(7-5-14)23(2)3)30-20(27)17-8-9-18(25)24(22-17)16-10-11-31(28,29)12-16/h4-7,13,16H,8-12H2,1-3H3,(H,21,26). The lowest BCUT2D eigenvalue weighted by atomic mass is 10.1. The summed E-state index contributed by atoms with van der Waals surface area (Å²) in [5.74, 6) is -1.81. The molecule has 2 unspecified atom stereocenters. The van der Waals surface area contributed by atoms with Crippen LogP contribution in [0, 0.1) is 0 Å². The van der Waals surface area contributed by atoms with Gasteiger partial charge < -0.3 is 15.0 Å². The van der Waals surface area contributed by atoms with E-state index in [0.717, 1.165) is 10.7 Å². The van der Waals surface area contributed by atoms with Gasteiger partial charge in [-0.1, -0.05) is 0 Å². The minimum atomic E-state index is -3.21. The van der Waals surface area contributed by atoms with Crippen molar-refractivity contribution in [2.24, 2.45) is 5.10 Å². The Labute approximate surface area is 181 Å². The number of hydrogen-bond acceptors (Lipinski definition) is 8. The van der Waals surface area contributed by atoms with Gasteiger partial charge in [0.1, 0.15) is 5.71 Å². The number of amides is 2. The van der Waals surface area contributed by atoms with E-state index in [1.165, 1.54) is 6.92 Å². The Morgan fingerprint density at radius 1 is 1.23 bits per heavy atom. The first kappa shape index (κ1) is 22.7. The summed E-state index contributed by atoms with van der Waals surface area (Å²) < 4.78 is 28.6. The van der Waals surface area contributed by atoms with Gasteiger partial charge in [-0.3, -0.25) is 9.59 Å². The van der Waals surface area contributed by atoms with Gasteiger partial charge in [0.05, 0.1) is 17.5 Å². The summed E-state index contributed by atoms with van der Waals surface area (Å²) in [6, 6.07) is 6.60. The normalized spacial score (nSPS) is 21.3. The van der Waals surface area contributed by atoms with E-state index < -0.39 is 33.9 Å². The second kappa shape index (κ2) is 9.04. The summed E-state index contributed by atoms with van der Waals surface area (Å²) in [6.07, 6.45) is -0.690. The van der Waals surface area contributed by atoms with Crippen LogP contribution in [0.2, 0.25) is 0 Å². The number of carbonyl (C=O) groups is 3. The Morgan fingerprint density at radius 3 is 2.48 bits per heavy atom. The summed E-state index contributed by atoms with van der Waals surface area (Å²) in [5.41, 5.74) is 1.54. The molecule has 0 aromatic heterocycles. The molecule has 1 aromatic rings. The molecular weight excluding hydrogens is 424 g/mol. The van der Waals surface area contributed by atoms with Crippen LogP contribution in [0.3, 0.4) is 0 Å². The SMILES string of the molecule is CC(OC(=O)C1=NN(C2CCS(=O)(=O)C2)C(=O)CC1)C(=O)Nc1ccc(N(C)C)cc1. The highest BCUT2D eigenvalue weighted by atomic mass is 32.2. The van der Waals surface area contributed by atoms with Gasteiger partial charge in [0, 0.05) is 38.3 Å². The first-order chi connectivity index (χ1) is 14.6. The summed E-state index contributed by atoms with van der Waals surface area (Å²) in [4.78, 5) is 39.0. The maximum absolute atomic E-state index is 12.5. The lowest BCUT2D eigenvalue weighted by Gasteiger charge is -2.27. The third kappa shape index (κ3) is 5.60. The number of ether oxygens (including phenoxy) is 1. The van der Waals surface area contributed by atoms with Gasteiger partial charge in [0.2, 0.25) is 5.91 Å². The Morgan fingerprint density at radius 2 is 1.90 bits per heavy atom. The molecule has 3 rings (SSSR count). The molecule has 168 valence electrons. The summed E-state index contributed by atoms with van der Waals surface area (Å²) >= 11 is 0. The van der Waals surface area contributed by atoms with Crippen molar-refractivity contribution in [1.29, 1.82) is 0 Å². The largest absolute Gasteiger partial charge is 0.448 e. The minimum Gasteiger partial charge on any atom is -0.448 e. The number of rotatable bonds is 6. The van der Waals surface area contributed by atoms with Crippen molar-refractivity contribution in [3.05, 3.63) is 24.3 Å². The molecule has 10 nitrogen and oxygen atoms in total. The summed E-state index contributed by atoms with van der Waals surface area (Å²) in [6.45, 7) is 1.44. The van der Waals surface area contributed by atoms with Gasteiger partial charge >= 0.3 is 5.97 Å². The molecule has 1 fully saturated rings. The number of anilines is 2. The fourth-order valence-corrected chi connectivity index (χ4v) is 5.03. The lowest BCUT2D eigenvalue weighted by Crippen LogP contribution is -2.42. The molecule has 0 aliphatic carbocycles. The molecule has 0 radical (unpaired) electrons. The molecule has 1 saturated heterocycles. The number of benzene rings is 1. The molecule has 1 aromatic carbocycles. The van der Waals surface area contributed by atoms with Crippen molar-refractivity contribution >= 4 is 44.7 Å². The van der Waals surface area contributed by atoms with Crippen LogP contribution in [-0.4, -0.2) is 74.7 Å². The van der Waals surface area contributed by atoms with Gasteiger partial charge in [0.15, 0.2) is 15.9 Å². The van der Waals surface area contributed by atoms with E-state index in [1.54, 1.807) is 12.1 Å². The highest BCUT2D eigenvalue weighted by molar-refractivity contribution is 7.91. The van der Waals surface area contributed by atoms with E-state index >= 15 is 0 Å². The number of sulfone groups is 1. The van der Waals surface area contributed by atoms with E-state index in [0.29, 0.717) is 5.69 Å². The molecule has 11 heteroatoms. The highest BCUT2D eigenvalue weighted by Gasteiger charge is 2.37. The van der Waals surface area contributed by atoms with Crippen LogP contribution in [0.4, 0.5) is 11.4 Å². The quantitative estimate of drug-likeness (QED) is 0.635. The number of hydrogen-bond donors (Lipinski definition) is 1. The van der Waals surface area contributed by atoms with Crippen LogP contribution in [0.15, 0.2) is 29.4 Å².